The van der Waals surface area contributed by atoms with E-state index >= 15 is 0 Å². The molecule has 0 radical (unpaired) electrons. The Labute approximate surface area is 108 Å². The van der Waals surface area contributed by atoms with Crippen LogP contribution in [0.2, 0.25) is 0 Å². The van der Waals surface area contributed by atoms with Crippen LogP contribution in [0.1, 0.15) is 31.7 Å². The van der Waals surface area contributed by atoms with Gasteiger partial charge in [0.05, 0.1) is 0 Å². The maximum absolute atomic E-state index is 11.9. The van der Waals surface area contributed by atoms with E-state index in [1.807, 2.05) is 12.1 Å². The summed E-state index contributed by atoms with van der Waals surface area (Å²) in [5, 5.41) is 6.51. The summed E-state index contributed by atoms with van der Waals surface area (Å²) in [5.41, 5.74) is 1.16. The molecule has 18 heavy (non-hydrogen) atoms. The fraction of sp³-hybridized carbons (Fsp3) is 0.571. The lowest BCUT2D eigenvalue weighted by molar-refractivity contribution is -0.122. The van der Waals surface area contributed by atoms with Gasteiger partial charge in [-0.3, -0.25) is 9.78 Å². The number of hydrogen-bond acceptors (Lipinski definition) is 3. The van der Waals surface area contributed by atoms with Crippen LogP contribution < -0.4 is 10.6 Å². The van der Waals surface area contributed by atoms with Crippen LogP contribution in [0.4, 0.5) is 0 Å². The van der Waals surface area contributed by atoms with Crippen molar-refractivity contribution in [3.8, 4) is 0 Å². The summed E-state index contributed by atoms with van der Waals surface area (Å²) in [6.07, 6.45) is 7.08. The first kappa shape index (κ1) is 13.0. The molecule has 1 amide bonds. The number of nitrogens with zero attached hydrogens (tertiary/aromatic N) is 1. The number of aromatic nitrogens is 1. The lowest BCUT2D eigenvalue weighted by atomic mass is 9.99. The van der Waals surface area contributed by atoms with E-state index < -0.39 is 0 Å². The smallest absolute Gasteiger partial charge is 0.220 e. The third-order valence-corrected chi connectivity index (χ3v) is 3.50. The van der Waals surface area contributed by atoms with Crippen molar-refractivity contribution in [3.05, 3.63) is 30.1 Å². The van der Waals surface area contributed by atoms with Gasteiger partial charge in [-0.25, -0.2) is 0 Å². The number of pyridine rings is 1. The van der Waals surface area contributed by atoms with E-state index in [9.17, 15) is 4.79 Å². The standard InChI is InChI=1S/C14H21N3O/c1-11-13(3-2-8-16-11)17-14(18)5-4-12-6-9-15-10-7-12/h6-7,9-11,13,16H,2-5,8H2,1H3,(H,17,18). The zero-order chi connectivity index (χ0) is 12.8. The number of hydrogen-bond donors (Lipinski definition) is 2. The second-order valence-corrected chi connectivity index (χ2v) is 4.91. The monoisotopic (exact) mass is 247 g/mol. The Morgan fingerprint density at radius 1 is 1.50 bits per heavy atom. The minimum absolute atomic E-state index is 0.146. The lowest BCUT2D eigenvalue weighted by Gasteiger charge is -2.30. The highest BCUT2D eigenvalue weighted by molar-refractivity contribution is 5.76. The van der Waals surface area contributed by atoms with Crippen LogP contribution >= 0.6 is 0 Å². The third kappa shape index (κ3) is 3.81. The van der Waals surface area contributed by atoms with Gasteiger partial charge in [0.15, 0.2) is 0 Å². The number of aryl methyl sites for hydroxylation is 1. The van der Waals surface area contributed by atoms with E-state index in [0.29, 0.717) is 12.5 Å². The summed E-state index contributed by atoms with van der Waals surface area (Å²) >= 11 is 0. The van der Waals surface area contributed by atoms with Gasteiger partial charge in [0, 0.05) is 30.9 Å². The molecule has 1 aromatic rings. The Morgan fingerprint density at radius 2 is 2.28 bits per heavy atom. The molecule has 1 saturated heterocycles. The van der Waals surface area contributed by atoms with Gasteiger partial charge in [0.2, 0.25) is 5.91 Å². The maximum Gasteiger partial charge on any atom is 0.220 e. The number of piperidine rings is 1. The Kier molecular flexibility index (Phi) is 4.70. The predicted molar refractivity (Wildman–Crippen MR) is 71.2 cm³/mol. The van der Waals surface area contributed by atoms with E-state index in [0.717, 1.165) is 31.4 Å². The van der Waals surface area contributed by atoms with E-state index in [2.05, 4.69) is 22.5 Å². The van der Waals surface area contributed by atoms with Crippen molar-refractivity contribution in [2.45, 2.75) is 44.7 Å². The first-order chi connectivity index (χ1) is 8.75. The van der Waals surface area contributed by atoms with Crippen LogP contribution in [0.3, 0.4) is 0 Å². The van der Waals surface area contributed by atoms with Gasteiger partial charge in [-0.1, -0.05) is 0 Å². The van der Waals surface area contributed by atoms with E-state index in [-0.39, 0.29) is 11.9 Å². The number of carbonyl (C=O) groups is 1. The van der Waals surface area contributed by atoms with Crippen LogP contribution in [-0.2, 0) is 11.2 Å². The van der Waals surface area contributed by atoms with Crippen LogP contribution in [0.5, 0.6) is 0 Å². The summed E-state index contributed by atoms with van der Waals surface area (Å²) in [5.74, 6) is 0.146. The Hall–Kier alpha value is -1.42. The van der Waals surface area contributed by atoms with E-state index in [1.165, 1.54) is 0 Å². The SMILES string of the molecule is CC1NCCCC1NC(=O)CCc1ccncc1. The van der Waals surface area contributed by atoms with Crippen LogP contribution in [0.25, 0.3) is 0 Å². The zero-order valence-electron chi connectivity index (χ0n) is 10.9. The highest BCUT2D eigenvalue weighted by atomic mass is 16.1. The van der Waals surface area contributed by atoms with Crippen LogP contribution in [0.15, 0.2) is 24.5 Å². The minimum atomic E-state index is 0.146. The highest BCUT2D eigenvalue weighted by Gasteiger charge is 2.21. The lowest BCUT2D eigenvalue weighted by Crippen LogP contribution is -2.51. The van der Waals surface area contributed by atoms with Crippen molar-refractivity contribution >= 4 is 5.91 Å². The van der Waals surface area contributed by atoms with Gasteiger partial charge in [-0.05, 0) is 50.4 Å². The van der Waals surface area contributed by atoms with Gasteiger partial charge < -0.3 is 10.6 Å². The normalized spacial score (nSPS) is 23.6. The minimum Gasteiger partial charge on any atom is -0.352 e. The number of rotatable bonds is 4. The molecule has 2 heterocycles. The molecule has 0 saturated carbocycles. The molecule has 0 aliphatic carbocycles. The predicted octanol–water partition coefficient (Wildman–Crippen LogP) is 1.27. The molecule has 2 unspecified atom stereocenters. The third-order valence-electron chi connectivity index (χ3n) is 3.50. The van der Waals surface area contributed by atoms with Crippen LogP contribution in [0, 0.1) is 0 Å². The van der Waals surface area contributed by atoms with Gasteiger partial charge in [0.1, 0.15) is 0 Å². The Balaban J connectivity index is 1.75. The molecule has 0 bridgehead atoms. The number of amides is 1. The molecule has 0 spiro atoms. The molecule has 0 aromatic carbocycles. The molecule has 98 valence electrons. The van der Waals surface area contributed by atoms with Crippen molar-refractivity contribution in [1.29, 1.82) is 0 Å². The first-order valence-electron chi connectivity index (χ1n) is 6.67. The second-order valence-electron chi connectivity index (χ2n) is 4.91. The second kappa shape index (κ2) is 6.50. The summed E-state index contributed by atoms with van der Waals surface area (Å²) in [7, 11) is 0. The average Bonchev–Trinajstić information content (AvgIpc) is 2.40. The van der Waals surface area contributed by atoms with Crippen molar-refractivity contribution in [1.82, 2.24) is 15.6 Å². The number of carbonyl (C=O) groups excluding carboxylic acids is 1. The fourth-order valence-corrected chi connectivity index (χ4v) is 2.33. The maximum atomic E-state index is 11.9. The Morgan fingerprint density at radius 3 is 3.00 bits per heavy atom. The van der Waals surface area contributed by atoms with Crippen molar-refractivity contribution in [2.24, 2.45) is 0 Å². The van der Waals surface area contributed by atoms with Gasteiger partial charge in [-0.15, -0.1) is 0 Å². The fourth-order valence-electron chi connectivity index (χ4n) is 2.33. The molecule has 2 rings (SSSR count). The zero-order valence-corrected chi connectivity index (χ0v) is 10.9. The summed E-state index contributed by atoms with van der Waals surface area (Å²) in [4.78, 5) is 15.8. The molecular weight excluding hydrogens is 226 g/mol. The van der Waals surface area contributed by atoms with Crippen molar-refractivity contribution in [2.75, 3.05) is 6.54 Å². The summed E-state index contributed by atoms with van der Waals surface area (Å²) in [6.45, 7) is 3.19. The molecular formula is C14H21N3O. The van der Waals surface area contributed by atoms with Crippen LogP contribution in [-0.4, -0.2) is 29.5 Å². The molecule has 4 nitrogen and oxygen atoms in total. The molecule has 4 heteroatoms. The van der Waals surface area contributed by atoms with Gasteiger partial charge in [-0.2, -0.15) is 0 Å². The summed E-state index contributed by atoms with van der Waals surface area (Å²) < 4.78 is 0. The Bertz CT molecular complexity index is 380. The topological polar surface area (TPSA) is 54.0 Å². The summed E-state index contributed by atoms with van der Waals surface area (Å²) in [6, 6.07) is 4.57. The van der Waals surface area contributed by atoms with Crippen molar-refractivity contribution < 1.29 is 4.79 Å². The number of nitrogens with one attached hydrogen (secondary N) is 2. The van der Waals surface area contributed by atoms with E-state index in [1.54, 1.807) is 12.4 Å². The average molecular weight is 247 g/mol. The molecule has 1 fully saturated rings. The van der Waals surface area contributed by atoms with Crippen molar-refractivity contribution in [3.63, 3.8) is 0 Å². The quantitative estimate of drug-likeness (QED) is 0.842. The van der Waals surface area contributed by atoms with E-state index in [4.69, 9.17) is 0 Å². The molecule has 1 aromatic heterocycles. The molecule has 2 atom stereocenters. The molecule has 2 N–H and O–H groups in total. The highest BCUT2D eigenvalue weighted by Crippen LogP contribution is 2.09. The van der Waals surface area contributed by atoms with Gasteiger partial charge in [0.25, 0.3) is 0 Å². The molecule has 1 aliphatic rings. The first-order valence-corrected chi connectivity index (χ1v) is 6.67. The molecule has 1 aliphatic heterocycles. The largest absolute Gasteiger partial charge is 0.352 e. The van der Waals surface area contributed by atoms with Gasteiger partial charge >= 0.3 is 0 Å².